The van der Waals surface area contributed by atoms with Crippen LogP contribution >= 0.6 is 23.1 Å². The van der Waals surface area contributed by atoms with Crippen molar-refractivity contribution in [1.29, 1.82) is 0 Å². The zero-order valence-corrected chi connectivity index (χ0v) is 14.2. The van der Waals surface area contributed by atoms with Crippen molar-refractivity contribution in [2.24, 2.45) is 5.41 Å². The molecule has 4 heteroatoms. The fourth-order valence-corrected chi connectivity index (χ4v) is 4.60. The summed E-state index contributed by atoms with van der Waals surface area (Å²) in [5, 5.41) is 5.03. The lowest BCUT2D eigenvalue weighted by atomic mass is 9.76. The van der Waals surface area contributed by atoms with E-state index in [4.69, 9.17) is 4.98 Å². The average Bonchev–Trinajstić information content (AvgIpc) is 2.74. The molecule has 0 aliphatic heterocycles. The zero-order valence-electron chi connectivity index (χ0n) is 12.6. The van der Waals surface area contributed by atoms with Gasteiger partial charge in [-0.2, -0.15) is 11.8 Å². The van der Waals surface area contributed by atoms with E-state index in [0.29, 0.717) is 11.5 Å². The number of hydrogen-bond acceptors (Lipinski definition) is 4. The van der Waals surface area contributed by atoms with Crippen LogP contribution in [-0.4, -0.2) is 17.3 Å². The van der Waals surface area contributed by atoms with E-state index in [-0.39, 0.29) is 0 Å². The highest BCUT2D eigenvalue weighted by molar-refractivity contribution is 7.98. The highest BCUT2D eigenvalue weighted by Gasteiger charge is 2.34. The molecule has 0 bridgehead atoms. The summed E-state index contributed by atoms with van der Waals surface area (Å²) in [6, 6.07) is 0.525. The van der Waals surface area contributed by atoms with Gasteiger partial charge in [-0.1, -0.05) is 27.7 Å². The van der Waals surface area contributed by atoms with Gasteiger partial charge in [0.05, 0.1) is 5.69 Å². The number of hydrogen-bond donors (Lipinski definition) is 1. The van der Waals surface area contributed by atoms with Crippen LogP contribution in [0.25, 0.3) is 0 Å². The molecule has 1 N–H and O–H groups in total. The van der Waals surface area contributed by atoms with E-state index < -0.39 is 0 Å². The maximum atomic E-state index is 4.90. The van der Waals surface area contributed by atoms with Crippen LogP contribution in [0.1, 0.15) is 62.2 Å². The Morgan fingerprint density at radius 2 is 2.21 bits per heavy atom. The number of thiazole rings is 1. The molecule has 1 heterocycles. The molecule has 2 nitrogen and oxygen atoms in total. The second-order valence-electron chi connectivity index (χ2n) is 6.11. The minimum atomic E-state index is 0.377. The lowest BCUT2D eigenvalue weighted by Crippen LogP contribution is -2.33. The predicted molar refractivity (Wildman–Crippen MR) is 87.1 cm³/mol. The van der Waals surface area contributed by atoms with Gasteiger partial charge in [0.15, 0.2) is 0 Å². The molecule has 0 spiro atoms. The molecule has 0 saturated carbocycles. The molecule has 108 valence electrons. The molecule has 0 radical (unpaired) electrons. The van der Waals surface area contributed by atoms with Gasteiger partial charge in [-0.3, -0.25) is 0 Å². The first-order chi connectivity index (χ1) is 9.05. The summed E-state index contributed by atoms with van der Waals surface area (Å²) in [5.41, 5.74) is 1.74. The van der Waals surface area contributed by atoms with E-state index in [1.807, 2.05) is 23.1 Å². The van der Waals surface area contributed by atoms with Crippen LogP contribution in [0.15, 0.2) is 0 Å². The lowest BCUT2D eigenvalue weighted by Gasteiger charge is -2.34. The molecule has 1 aromatic rings. The van der Waals surface area contributed by atoms with Gasteiger partial charge in [0.2, 0.25) is 0 Å². The first-order valence-electron chi connectivity index (χ1n) is 7.35. The van der Waals surface area contributed by atoms with Crippen molar-refractivity contribution >= 4 is 23.1 Å². The van der Waals surface area contributed by atoms with Crippen molar-refractivity contribution in [3.8, 4) is 0 Å². The Kier molecular flexibility index (Phi) is 5.32. The first kappa shape index (κ1) is 15.3. The predicted octanol–water partition coefficient (Wildman–Crippen LogP) is 4.41. The van der Waals surface area contributed by atoms with Crippen LogP contribution < -0.4 is 5.32 Å². The van der Waals surface area contributed by atoms with Crippen LogP contribution in [0.5, 0.6) is 0 Å². The Balaban J connectivity index is 2.17. The average molecular weight is 299 g/mol. The molecule has 0 fully saturated rings. The van der Waals surface area contributed by atoms with Gasteiger partial charge in [-0.15, -0.1) is 11.3 Å². The molecule has 0 aromatic carbocycles. The molecule has 1 aromatic heterocycles. The number of nitrogens with one attached hydrogen (secondary N) is 1. The van der Waals surface area contributed by atoms with E-state index in [1.54, 1.807) is 0 Å². The monoisotopic (exact) mass is 298 g/mol. The number of rotatable bonds is 6. The molecule has 1 atom stereocenters. The zero-order chi connectivity index (χ0) is 13.9. The fraction of sp³-hybridized carbons (Fsp3) is 0.800. The summed E-state index contributed by atoms with van der Waals surface area (Å²) in [4.78, 5) is 6.41. The molecule has 1 aliphatic rings. The van der Waals surface area contributed by atoms with Crippen molar-refractivity contribution in [3.05, 3.63) is 15.6 Å². The Labute approximate surface area is 125 Å². The molecule has 1 unspecified atom stereocenters. The summed E-state index contributed by atoms with van der Waals surface area (Å²) in [7, 11) is 0. The highest BCUT2D eigenvalue weighted by Crippen LogP contribution is 2.43. The molecule has 0 saturated heterocycles. The molecule has 0 amide bonds. The number of aromatic nitrogens is 1. The number of thioether (sulfide) groups is 1. The van der Waals surface area contributed by atoms with Gasteiger partial charge < -0.3 is 5.32 Å². The van der Waals surface area contributed by atoms with E-state index in [2.05, 4.69) is 33.0 Å². The lowest BCUT2D eigenvalue weighted by molar-refractivity contribution is 0.258. The third kappa shape index (κ3) is 3.96. The minimum Gasteiger partial charge on any atom is -0.309 e. The van der Waals surface area contributed by atoms with Crippen molar-refractivity contribution in [1.82, 2.24) is 10.3 Å². The van der Waals surface area contributed by atoms with Crippen LogP contribution in [-0.2, 0) is 12.2 Å². The molecule has 19 heavy (non-hydrogen) atoms. The van der Waals surface area contributed by atoms with Gasteiger partial charge in [0, 0.05) is 16.7 Å². The Morgan fingerprint density at radius 1 is 1.42 bits per heavy atom. The maximum absolute atomic E-state index is 4.90. The van der Waals surface area contributed by atoms with Crippen LogP contribution in [0, 0.1) is 5.41 Å². The Morgan fingerprint density at radius 3 is 2.89 bits per heavy atom. The summed E-state index contributed by atoms with van der Waals surface area (Å²) in [5.74, 6) is 2.25. The topological polar surface area (TPSA) is 24.9 Å². The molecular formula is C15H26N2S2. The molecular weight excluding hydrogens is 272 g/mol. The third-order valence-electron chi connectivity index (χ3n) is 3.56. The maximum Gasteiger partial charge on any atom is 0.103 e. The Bertz CT molecular complexity index is 412. The minimum absolute atomic E-state index is 0.377. The van der Waals surface area contributed by atoms with Crippen molar-refractivity contribution < 1.29 is 0 Å². The van der Waals surface area contributed by atoms with Gasteiger partial charge >= 0.3 is 0 Å². The SMILES string of the molecule is CCCNC1CC(C)(C)Cc2nc(CSCC)sc21. The van der Waals surface area contributed by atoms with Gasteiger partial charge in [0.1, 0.15) is 5.01 Å². The normalized spacial score (nSPS) is 21.4. The summed E-state index contributed by atoms with van der Waals surface area (Å²) < 4.78 is 0. The number of fused-ring (bicyclic) bond motifs is 1. The van der Waals surface area contributed by atoms with Gasteiger partial charge in [0.25, 0.3) is 0 Å². The van der Waals surface area contributed by atoms with Crippen LogP contribution in [0.3, 0.4) is 0 Å². The van der Waals surface area contributed by atoms with E-state index >= 15 is 0 Å². The summed E-state index contributed by atoms with van der Waals surface area (Å²) in [6.45, 7) is 10.3. The highest BCUT2D eigenvalue weighted by atomic mass is 32.2. The van der Waals surface area contributed by atoms with E-state index in [0.717, 1.165) is 18.7 Å². The van der Waals surface area contributed by atoms with Crippen molar-refractivity contribution in [2.75, 3.05) is 12.3 Å². The van der Waals surface area contributed by atoms with Crippen molar-refractivity contribution in [2.45, 2.75) is 58.8 Å². The van der Waals surface area contributed by atoms with E-state index in [9.17, 15) is 0 Å². The van der Waals surface area contributed by atoms with Crippen LogP contribution in [0.4, 0.5) is 0 Å². The first-order valence-corrected chi connectivity index (χ1v) is 9.32. The van der Waals surface area contributed by atoms with Crippen molar-refractivity contribution in [3.63, 3.8) is 0 Å². The van der Waals surface area contributed by atoms with E-state index in [1.165, 1.54) is 34.2 Å². The van der Waals surface area contributed by atoms with Crippen LogP contribution in [0.2, 0.25) is 0 Å². The number of nitrogens with zero attached hydrogens (tertiary/aromatic N) is 1. The second-order valence-corrected chi connectivity index (χ2v) is 8.50. The van der Waals surface area contributed by atoms with Gasteiger partial charge in [-0.25, -0.2) is 4.98 Å². The molecule has 2 rings (SSSR count). The largest absolute Gasteiger partial charge is 0.309 e. The second kappa shape index (κ2) is 6.59. The molecule has 1 aliphatic carbocycles. The quantitative estimate of drug-likeness (QED) is 0.842. The third-order valence-corrected chi connectivity index (χ3v) is 5.84. The summed E-state index contributed by atoms with van der Waals surface area (Å²) in [6.07, 6.45) is 3.58. The summed E-state index contributed by atoms with van der Waals surface area (Å²) >= 11 is 3.91. The van der Waals surface area contributed by atoms with Gasteiger partial charge in [-0.05, 0) is 37.0 Å². The Hall–Kier alpha value is -0.0600. The fourth-order valence-electron chi connectivity index (χ4n) is 2.72. The standard InChI is InChI=1S/C15H26N2S2/c1-5-7-16-11-8-15(3,4)9-12-14(11)19-13(17-12)10-18-6-2/h11,16H,5-10H2,1-4H3. The smallest absolute Gasteiger partial charge is 0.103 e.